The average molecular weight is 315 g/mol. The molecule has 0 bridgehead atoms. The van der Waals surface area contributed by atoms with Gasteiger partial charge in [-0.25, -0.2) is 0 Å². The van der Waals surface area contributed by atoms with E-state index in [4.69, 9.17) is 25.8 Å². The molecule has 0 unspecified atom stereocenters. The molecule has 21 heavy (non-hydrogen) atoms. The number of carbonyl (C=O) groups excluding carboxylic acids is 1. The summed E-state index contributed by atoms with van der Waals surface area (Å²) in [6, 6.07) is 1.81. The van der Waals surface area contributed by atoms with Crippen LogP contribution in [0.4, 0.5) is 0 Å². The van der Waals surface area contributed by atoms with E-state index in [-0.39, 0.29) is 0 Å². The van der Waals surface area contributed by atoms with E-state index in [0.29, 0.717) is 47.3 Å². The molecule has 0 aromatic heterocycles. The molecule has 0 saturated carbocycles. The summed E-state index contributed by atoms with van der Waals surface area (Å²) in [7, 11) is 4.66. The summed E-state index contributed by atoms with van der Waals surface area (Å²) in [6.45, 7) is 2.01. The van der Waals surface area contributed by atoms with Crippen molar-refractivity contribution in [1.29, 1.82) is 0 Å². The van der Waals surface area contributed by atoms with Crippen LogP contribution >= 0.6 is 11.6 Å². The highest BCUT2D eigenvalue weighted by Crippen LogP contribution is 2.45. The second-order valence-corrected chi connectivity index (χ2v) is 5.17. The zero-order valence-electron chi connectivity index (χ0n) is 13.1. The lowest BCUT2D eigenvalue weighted by Crippen LogP contribution is -2.02. The number of hydrogen-bond acceptors (Lipinski definition) is 4. The first kappa shape index (κ1) is 17.6. The summed E-state index contributed by atoms with van der Waals surface area (Å²) in [6.07, 6.45) is 3.58. The highest BCUT2D eigenvalue weighted by atomic mass is 35.5. The van der Waals surface area contributed by atoms with Gasteiger partial charge in [-0.3, -0.25) is 4.79 Å². The van der Waals surface area contributed by atoms with E-state index >= 15 is 0 Å². The third-order valence-electron chi connectivity index (χ3n) is 3.26. The maximum absolute atomic E-state index is 11.6. The number of Topliss-reactive ketones (excluding diaryl/α,β-unsaturated/α-hetero) is 1. The van der Waals surface area contributed by atoms with Gasteiger partial charge in [0.2, 0.25) is 5.75 Å². The largest absolute Gasteiger partial charge is 0.492 e. The Morgan fingerprint density at radius 1 is 1.05 bits per heavy atom. The van der Waals surface area contributed by atoms with Crippen LogP contribution in [0.5, 0.6) is 17.2 Å². The molecule has 0 radical (unpaired) electrons. The zero-order valence-corrected chi connectivity index (χ0v) is 13.9. The lowest BCUT2D eigenvalue weighted by molar-refractivity contribution is -0.119. The second kappa shape index (κ2) is 8.78. The van der Waals surface area contributed by atoms with Crippen LogP contribution in [0.15, 0.2) is 6.07 Å². The molecule has 0 amide bonds. The van der Waals surface area contributed by atoms with Crippen LogP contribution in [-0.2, 0) is 11.2 Å². The molecule has 0 N–H and O–H groups in total. The van der Waals surface area contributed by atoms with Gasteiger partial charge in [0.1, 0.15) is 5.78 Å². The number of hydrogen-bond donors (Lipinski definition) is 0. The van der Waals surface area contributed by atoms with Crippen LogP contribution in [0.1, 0.15) is 38.2 Å². The first-order valence-electron chi connectivity index (χ1n) is 7.08. The molecular weight excluding hydrogens is 292 g/mol. The second-order valence-electron chi connectivity index (χ2n) is 4.76. The van der Waals surface area contributed by atoms with Crippen LogP contribution in [-0.4, -0.2) is 27.1 Å². The summed E-state index contributed by atoms with van der Waals surface area (Å²) >= 11 is 6.21. The Kier molecular flexibility index (Phi) is 7.37. The minimum absolute atomic E-state index is 0.294. The Bertz CT molecular complexity index is 486. The van der Waals surface area contributed by atoms with Crippen molar-refractivity contribution >= 4 is 17.4 Å². The predicted octanol–water partition coefficient (Wildman–Crippen LogP) is 4.06. The first-order chi connectivity index (χ1) is 10.1. The van der Waals surface area contributed by atoms with E-state index in [1.165, 1.54) is 7.11 Å². The van der Waals surface area contributed by atoms with Crippen LogP contribution < -0.4 is 14.2 Å². The fraction of sp³-hybridized carbons (Fsp3) is 0.562. The third kappa shape index (κ3) is 4.53. The molecule has 0 aliphatic rings. The molecule has 0 atom stereocenters. The van der Waals surface area contributed by atoms with Crippen LogP contribution in [0.3, 0.4) is 0 Å². The maximum atomic E-state index is 11.6. The molecule has 0 saturated heterocycles. The molecule has 5 heteroatoms. The standard InChI is InChI=1S/C16H23ClO4/c1-5-7-12(18)9-6-8-11-10-13(17)15(20-3)16(21-4)14(11)19-2/h10H,5-9H2,1-4H3. The molecule has 0 aliphatic heterocycles. The zero-order chi connectivity index (χ0) is 15.8. The average Bonchev–Trinajstić information content (AvgIpc) is 2.46. The molecule has 0 aliphatic carbocycles. The molecular formula is C16H23ClO4. The molecule has 0 spiro atoms. The Morgan fingerprint density at radius 2 is 1.67 bits per heavy atom. The summed E-state index contributed by atoms with van der Waals surface area (Å²) in [5.74, 6) is 1.86. The lowest BCUT2D eigenvalue weighted by atomic mass is 10.0. The van der Waals surface area contributed by atoms with E-state index in [0.717, 1.165) is 18.4 Å². The fourth-order valence-corrected chi connectivity index (χ4v) is 2.60. The van der Waals surface area contributed by atoms with Crippen molar-refractivity contribution < 1.29 is 19.0 Å². The summed E-state index contributed by atoms with van der Waals surface area (Å²) in [5.41, 5.74) is 0.921. The number of ether oxygens (including phenoxy) is 3. The Hall–Kier alpha value is -1.42. The number of ketones is 1. The maximum Gasteiger partial charge on any atom is 0.205 e. The molecule has 1 rings (SSSR count). The SMILES string of the molecule is CCCC(=O)CCCc1cc(Cl)c(OC)c(OC)c1OC. The highest BCUT2D eigenvalue weighted by molar-refractivity contribution is 6.32. The minimum atomic E-state index is 0.294. The van der Waals surface area contributed by atoms with Gasteiger partial charge >= 0.3 is 0 Å². The van der Waals surface area contributed by atoms with Gasteiger partial charge in [0.25, 0.3) is 0 Å². The molecule has 4 nitrogen and oxygen atoms in total. The van der Waals surface area contributed by atoms with Gasteiger partial charge in [0, 0.05) is 12.8 Å². The van der Waals surface area contributed by atoms with Crippen LogP contribution in [0, 0.1) is 0 Å². The van der Waals surface area contributed by atoms with E-state index in [2.05, 4.69) is 0 Å². The number of methoxy groups -OCH3 is 3. The third-order valence-corrected chi connectivity index (χ3v) is 3.55. The van der Waals surface area contributed by atoms with E-state index in [1.807, 2.05) is 13.0 Å². The lowest BCUT2D eigenvalue weighted by Gasteiger charge is -2.17. The van der Waals surface area contributed by atoms with Gasteiger partial charge in [-0.1, -0.05) is 18.5 Å². The van der Waals surface area contributed by atoms with Gasteiger partial charge in [-0.2, -0.15) is 0 Å². The van der Waals surface area contributed by atoms with Gasteiger partial charge in [-0.05, 0) is 30.9 Å². The van der Waals surface area contributed by atoms with E-state index < -0.39 is 0 Å². The van der Waals surface area contributed by atoms with Gasteiger partial charge in [0.05, 0.1) is 26.4 Å². The summed E-state index contributed by atoms with van der Waals surface area (Å²) < 4.78 is 16.0. The van der Waals surface area contributed by atoms with Crippen molar-refractivity contribution in [3.8, 4) is 17.2 Å². The Morgan fingerprint density at radius 3 is 2.19 bits per heavy atom. The quantitative estimate of drug-likeness (QED) is 0.689. The van der Waals surface area contributed by atoms with Crippen molar-refractivity contribution in [2.75, 3.05) is 21.3 Å². The molecule has 0 heterocycles. The summed E-state index contributed by atoms with van der Waals surface area (Å²) in [4.78, 5) is 11.6. The number of rotatable bonds is 9. The van der Waals surface area contributed by atoms with Crippen LogP contribution in [0.2, 0.25) is 5.02 Å². The smallest absolute Gasteiger partial charge is 0.205 e. The topological polar surface area (TPSA) is 44.8 Å². The van der Waals surface area contributed by atoms with Gasteiger partial charge in [0.15, 0.2) is 11.5 Å². The van der Waals surface area contributed by atoms with Crippen molar-refractivity contribution in [2.45, 2.75) is 39.0 Å². The van der Waals surface area contributed by atoms with Crippen LogP contribution in [0.25, 0.3) is 0 Å². The number of halogens is 1. The van der Waals surface area contributed by atoms with Crippen molar-refractivity contribution in [2.24, 2.45) is 0 Å². The molecule has 118 valence electrons. The normalized spacial score (nSPS) is 10.3. The van der Waals surface area contributed by atoms with E-state index in [1.54, 1.807) is 14.2 Å². The molecule has 1 aromatic carbocycles. The predicted molar refractivity (Wildman–Crippen MR) is 84.0 cm³/mol. The summed E-state index contributed by atoms with van der Waals surface area (Å²) in [5, 5.41) is 0.477. The number of aryl methyl sites for hydroxylation is 1. The van der Waals surface area contributed by atoms with Crippen molar-refractivity contribution in [1.82, 2.24) is 0 Å². The van der Waals surface area contributed by atoms with Gasteiger partial charge in [-0.15, -0.1) is 0 Å². The van der Waals surface area contributed by atoms with E-state index in [9.17, 15) is 4.79 Å². The van der Waals surface area contributed by atoms with Gasteiger partial charge < -0.3 is 14.2 Å². The highest BCUT2D eigenvalue weighted by Gasteiger charge is 2.19. The monoisotopic (exact) mass is 314 g/mol. The minimum Gasteiger partial charge on any atom is -0.492 e. The van der Waals surface area contributed by atoms with Crippen molar-refractivity contribution in [3.05, 3.63) is 16.7 Å². The number of benzene rings is 1. The molecule has 1 aromatic rings. The number of carbonyl (C=O) groups is 1. The van der Waals surface area contributed by atoms with Crippen molar-refractivity contribution in [3.63, 3.8) is 0 Å². The first-order valence-corrected chi connectivity index (χ1v) is 7.45. The molecule has 0 fully saturated rings. The Balaban J connectivity index is 2.91. The fourth-order valence-electron chi connectivity index (χ4n) is 2.31. The Labute approximate surface area is 131 Å².